The SMILES string of the molecule is CC1CC(F)(F)CN1C(=O)c1ncoc1COCC(=O)O. The first-order valence-electron chi connectivity index (χ1n) is 6.21. The molecular formula is C12H14F2N2O5. The highest BCUT2D eigenvalue weighted by Gasteiger charge is 2.46. The van der Waals surface area contributed by atoms with Crippen molar-refractivity contribution in [3.63, 3.8) is 0 Å². The molecule has 0 aliphatic carbocycles. The Hall–Kier alpha value is -2.03. The predicted octanol–water partition coefficient (Wildman–Crippen LogP) is 1.15. The zero-order valence-corrected chi connectivity index (χ0v) is 11.2. The number of aliphatic carboxylic acids is 1. The largest absolute Gasteiger partial charge is 0.480 e. The van der Waals surface area contributed by atoms with Crippen molar-refractivity contribution in [1.29, 1.82) is 0 Å². The number of oxazole rings is 1. The number of likely N-dealkylation sites (tertiary alicyclic amines) is 1. The second-order valence-electron chi connectivity index (χ2n) is 4.85. The molecule has 1 atom stereocenters. The van der Waals surface area contributed by atoms with Crippen LogP contribution in [0.5, 0.6) is 0 Å². The maximum absolute atomic E-state index is 13.3. The van der Waals surface area contributed by atoms with Crippen molar-refractivity contribution < 1.29 is 32.6 Å². The van der Waals surface area contributed by atoms with E-state index in [1.165, 1.54) is 6.92 Å². The van der Waals surface area contributed by atoms with Gasteiger partial charge in [-0.2, -0.15) is 0 Å². The first-order valence-corrected chi connectivity index (χ1v) is 6.21. The molecule has 9 heteroatoms. The number of hydrogen-bond donors (Lipinski definition) is 1. The summed E-state index contributed by atoms with van der Waals surface area (Å²) >= 11 is 0. The fraction of sp³-hybridized carbons (Fsp3) is 0.583. The van der Waals surface area contributed by atoms with E-state index in [1.807, 2.05) is 0 Å². The van der Waals surface area contributed by atoms with Crippen LogP contribution in [0.4, 0.5) is 8.78 Å². The molecular weight excluding hydrogens is 290 g/mol. The quantitative estimate of drug-likeness (QED) is 0.877. The van der Waals surface area contributed by atoms with Gasteiger partial charge in [0.1, 0.15) is 13.2 Å². The smallest absolute Gasteiger partial charge is 0.329 e. The van der Waals surface area contributed by atoms with Crippen LogP contribution < -0.4 is 0 Å². The summed E-state index contributed by atoms with van der Waals surface area (Å²) in [5, 5.41) is 8.46. The van der Waals surface area contributed by atoms with Gasteiger partial charge in [-0.15, -0.1) is 0 Å². The molecule has 7 nitrogen and oxygen atoms in total. The third-order valence-corrected chi connectivity index (χ3v) is 3.09. The van der Waals surface area contributed by atoms with Crippen LogP contribution in [0.1, 0.15) is 29.6 Å². The molecule has 1 N–H and O–H groups in total. The van der Waals surface area contributed by atoms with Gasteiger partial charge in [0, 0.05) is 12.5 Å². The summed E-state index contributed by atoms with van der Waals surface area (Å²) in [5.74, 6) is -4.75. The fourth-order valence-electron chi connectivity index (χ4n) is 2.20. The van der Waals surface area contributed by atoms with Crippen LogP contribution in [-0.4, -0.2) is 52.0 Å². The van der Waals surface area contributed by atoms with E-state index < -0.39 is 43.4 Å². The minimum absolute atomic E-state index is 0.0173. The Balaban J connectivity index is 2.06. The maximum Gasteiger partial charge on any atom is 0.329 e. The molecule has 1 saturated heterocycles. The lowest BCUT2D eigenvalue weighted by atomic mass is 10.2. The highest BCUT2D eigenvalue weighted by Crippen LogP contribution is 2.32. The van der Waals surface area contributed by atoms with Gasteiger partial charge in [0.05, 0.1) is 6.54 Å². The van der Waals surface area contributed by atoms with Gasteiger partial charge in [-0.05, 0) is 6.92 Å². The van der Waals surface area contributed by atoms with Gasteiger partial charge in [-0.1, -0.05) is 0 Å². The highest BCUT2D eigenvalue weighted by atomic mass is 19.3. The molecule has 116 valence electrons. The van der Waals surface area contributed by atoms with Gasteiger partial charge >= 0.3 is 5.97 Å². The molecule has 1 aromatic rings. The van der Waals surface area contributed by atoms with Gasteiger partial charge in [0.15, 0.2) is 17.8 Å². The number of aromatic nitrogens is 1. The molecule has 0 saturated carbocycles. The molecule has 0 spiro atoms. The topological polar surface area (TPSA) is 92.9 Å². The van der Waals surface area contributed by atoms with E-state index in [0.717, 1.165) is 11.3 Å². The third kappa shape index (κ3) is 3.54. The number of nitrogens with zero attached hydrogens (tertiary/aromatic N) is 2. The number of rotatable bonds is 5. The van der Waals surface area contributed by atoms with Crippen molar-refractivity contribution >= 4 is 11.9 Å². The third-order valence-electron chi connectivity index (χ3n) is 3.09. The number of carbonyl (C=O) groups excluding carboxylic acids is 1. The number of alkyl halides is 2. The van der Waals surface area contributed by atoms with E-state index >= 15 is 0 Å². The molecule has 1 fully saturated rings. The first-order chi connectivity index (χ1) is 9.80. The molecule has 1 amide bonds. The van der Waals surface area contributed by atoms with Crippen LogP contribution in [0.15, 0.2) is 10.8 Å². The molecule has 0 aromatic carbocycles. The van der Waals surface area contributed by atoms with Crippen molar-refractivity contribution in [2.75, 3.05) is 13.2 Å². The number of carbonyl (C=O) groups is 2. The fourth-order valence-corrected chi connectivity index (χ4v) is 2.20. The van der Waals surface area contributed by atoms with Crippen LogP contribution in [0.25, 0.3) is 0 Å². The molecule has 2 rings (SSSR count). The lowest BCUT2D eigenvalue weighted by Crippen LogP contribution is -2.36. The second-order valence-corrected chi connectivity index (χ2v) is 4.85. The minimum Gasteiger partial charge on any atom is -0.480 e. The Morgan fingerprint density at radius 3 is 2.90 bits per heavy atom. The summed E-state index contributed by atoms with van der Waals surface area (Å²) < 4.78 is 36.4. The zero-order valence-electron chi connectivity index (χ0n) is 11.2. The van der Waals surface area contributed by atoms with Gasteiger partial charge in [0.2, 0.25) is 0 Å². The van der Waals surface area contributed by atoms with Crippen LogP contribution >= 0.6 is 0 Å². The van der Waals surface area contributed by atoms with Crippen molar-refractivity contribution in [2.24, 2.45) is 0 Å². The van der Waals surface area contributed by atoms with Gasteiger partial charge < -0.3 is 19.2 Å². The summed E-state index contributed by atoms with van der Waals surface area (Å²) in [4.78, 5) is 27.3. The van der Waals surface area contributed by atoms with Gasteiger partial charge in [0.25, 0.3) is 11.8 Å². The second kappa shape index (κ2) is 5.76. The maximum atomic E-state index is 13.3. The average molecular weight is 304 g/mol. The number of amides is 1. The van der Waals surface area contributed by atoms with Crippen molar-refractivity contribution in [3.05, 3.63) is 17.8 Å². The summed E-state index contributed by atoms with van der Waals surface area (Å²) in [7, 11) is 0. The normalized spacial score (nSPS) is 20.7. The van der Waals surface area contributed by atoms with E-state index in [0.29, 0.717) is 0 Å². The monoisotopic (exact) mass is 304 g/mol. The van der Waals surface area contributed by atoms with E-state index in [-0.39, 0.29) is 18.1 Å². The Kier molecular flexibility index (Phi) is 4.21. The van der Waals surface area contributed by atoms with E-state index in [9.17, 15) is 18.4 Å². The summed E-state index contributed by atoms with van der Waals surface area (Å²) in [6.45, 7) is 0.0211. The number of carboxylic acid groups (broad SMARTS) is 1. The van der Waals surface area contributed by atoms with Crippen LogP contribution in [0, 0.1) is 0 Å². The Labute approximate surface area is 118 Å². The zero-order chi connectivity index (χ0) is 15.6. The Morgan fingerprint density at radius 2 is 2.33 bits per heavy atom. The van der Waals surface area contributed by atoms with E-state index in [4.69, 9.17) is 14.3 Å². The number of ether oxygens (including phenoxy) is 1. The Morgan fingerprint density at radius 1 is 1.62 bits per heavy atom. The Bertz CT molecular complexity index is 546. The molecule has 21 heavy (non-hydrogen) atoms. The van der Waals surface area contributed by atoms with Crippen molar-refractivity contribution in [1.82, 2.24) is 9.88 Å². The lowest BCUT2D eigenvalue weighted by molar-refractivity contribution is -0.142. The molecule has 2 heterocycles. The van der Waals surface area contributed by atoms with Crippen LogP contribution in [0.3, 0.4) is 0 Å². The van der Waals surface area contributed by atoms with Crippen molar-refractivity contribution in [3.8, 4) is 0 Å². The summed E-state index contributed by atoms with van der Waals surface area (Å²) in [6.07, 6.45) is 0.590. The molecule has 1 aliphatic rings. The average Bonchev–Trinajstić information content (AvgIpc) is 2.92. The lowest BCUT2D eigenvalue weighted by Gasteiger charge is -2.19. The predicted molar refractivity (Wildman–Crippen MR) is 63.9 cm³/mol. The number of hydrogen-bond acceptors (Lipinski definition) is 5. The van der Waals surface area contributed by atoms with Crippen LogP contribution in [-0.2, 0) is 16.1 Å². The molecule has 1 aliphatic heterocycles. The molecule has 1 unspecified atom stereocenters. The van der Waals surface area contributed by atoms with E-state index in [1.54, 1.807) is 0 Å². The van der Waals surface area contributed by atoms with Crippen LogP contribution in [0.2, 0.25) is 0 Å². The standard InChI is InChI=1S/C12H14F2N2O5/c1-7-2-12(13,14)5-16(7)11(19)10-8(21-6-15-10)3-20-4-9(17)18/h6-7H,2-5H2,1H3,(H,17,18). The van der Waals surface area contributed by atoms with Gasteiger partial charge in [-0.3, -0.25) is 4.79 Å². The summed E-state index contributed by atoms with van der Waals surface area (Å²) in [5.41, 5.74) is -0.134. The first kappa shape index (κ1) is 15.4. The molecule has 0 bridgehead atoms. The van der Waals surface area contributed by atoms with E-state index in [2.05, 4.69) is 4.98 Å². The number of halogens is 2. The number of carboxylic acids is 1. The van der Waals surface area contributed by atoms with Crippen molar-refractivity contribution in [2.45, 2.75) is 31.9 Å². The van der Waals surface area contributed by atoms with Gasteiger partial charge in [-0.25, -0.2) is 18.6 Å². The molecule has 0 radical (unpaired) electrons. The minimum atomic E-state index is -2.92. The summed E-state index contributed by atoms with van der Waals surface area (Å²) in [6, 6.07) is -0.614. The highest BCUT2D eigenvalue weighted by molar-refractivity contribution is 5.93. The molecule has 1 aromatic heterocycles.